The van der Waals surface area contributed by atoms with Gasteiger partial charge in [-0.15, -0.1) is 0 Å². The van der Waals surface area contributed by atoms with Crippen molar-refractivity contribution in [2.24, 2.45) is 5.92 Å². The SMILES string of the molecule is CCCCC(CC)C(NCC)c1cccc2ccccc12. The van der Waals surface area contributed by atoms with Crippen molar-refractivity contribution in [2.45, 2.75) is 52.5 Å². The maximum Gasteiger partial charge on any atom is 0.0354 e. The maximum absolute atomic E-state index is 3.75. The van der Waals surface area contributed by atoms with Crippen LogP contribution in [0.1, 0.15) is 58.1 Å². The van der Waals surface area contributed by atoms with E-state index in [0.717, 1.165) is 12.5 Å². The second-order valence-electron chi connectivity index (χ2n) is 5.91. The van der Waals surface area contributed by atoms with Crippen LogP contribution >= 0.6 is 0 Å². The van der Waals surface area contributed by atoms with Gasteiger partial charge in [-0.05, 0) is 35.2 Å². The van der Waals surface area contributed by atoms with Crippen molar-refractivity contribution >= 4 is 10.8 Å². The largest absolute Gasteiger partial charge is 0.310 e. The van der Waals surface area contributed by atoms with E-state index in [4.69, 9.17) is 0 Å². The summed E-state index contributed by atoms with van der Waals surface area (Å²) in [5, 5.41) is 6.50. The molecule has 1 nitrogen and oxygen atoms in total. The lowest BCUT2D eigenvalue weighted by atomic mass is 9.85. The molecule has 2 aromatic rings. The first-order valence-electron chi connectivity index (χ1n) is 8.52. The molecule has 0 aliphatic carbocycles. The molecule has 0 aliphatic rings. The number of rotatable bonds is 8. The predicted octanol–water partition coefficient (Wildman–Crippen LogP) is 5.71. The molecule has 2 aromatic carbocycles. The minimum absolute atomic E-state index is 0.470. The first-order valence-corrected chi connectivity index (χ1v) is 8.52. The highest BCUT2D eigenvalue weighted by Crippen LogP contribution is 2.33. The van der Waals surface area contributed by atoms with Crippen LogP contribution in [0.5, 0.6) is 0 Å². The van der Waals surface area contributed by atoms with Crippen LogP contribution in [0, 0.1) is 5.92 Å². The lowest BCUT2D eigenvalue weighted by molar-refractivity contribution is 0.329. The van der Waals surface area contributed by atoms with Crippen molar-refractivity contribution in [1.82, 2.24) is 5.32 Å². The minimum Gasteiger partial charge on any atom is -0.310 e. The number of benzene rings is 2. The van der Waals surface area contributed by atoms with Crippen LogP contribution in [0.15, 0.2) is 42.5 Å². The fourth-order valence-electron chi connectivity index (χ4n) is 3.34. The molecule has 0 aliphatic heterocycles. The van der Waals surface area contributed by atoms with Crippen molar-refractivity contribution < 1.29 is 0 Å². The normalized spacial score (nSPS) is 14.2. The zero-order valence-corrected chi connectivity index (χ0v) is 13.7. The van der Waals surface area contributed by atoms with Gasteiger partial charge in [-0.25, -0.2) is 0 Å². The Bertz CT molecular complexity index is 541. The molecule has 114 valence electrons. The summed E-state index contributed by atoms with van der Waals surface area (Å²) in [5.74, 6) is 0.718. The van der Waals surface area contributed by atoms with Gasteiger partial charge in [0, 0.05) is 6.04 Å². The summed E-state index contributed by atoms with van der Waals surface area (Å²) < 4.78 is 0. The smallest absolute Gasteiger partial charge is 0.0354 e. The number of unbranched alkanes of at least 4 members (excludes halogenated alkanes) is 1. The summed E-state index contributed by atoms with van der Waals surface area (Å²) in [6.45, 7) is 7.85. The number of fused-ring (bicyclic) bond motifs is 1. The molecule has 0 radical (unpaired) electrons. The molecule has 0 bridgehead atoms. The number of hydrogen-bond acceptors (Lipinski definition) is 1. The molecule has 2 atom stereocenters. The van der Waals surface area contributed by atoms with Crippen molar-refractivity contribution in [3.8, 4) is 0 Å². The lowest BCUT2D eigenvalue weighted by Gasteiger charge is -2.28. The molecule has 21 heavy (non-hydrogen) atoms. The van der Waals surface area contributed by atoms with E-state index in [-0.39, 0.29) is 0 Å². The Morgan fingerprint density at radius 1 is 0.952 bits per heavy atom. The zero-order chi connectivity index (χ0) is 15.1. The molecule has 0 saturated heterocycles. The molecule has 0 spiro atoms. The minimum atomic E-state index is 0.470. The van der Waals surface area contributed by atoms with E-state index < -0.39 is 0 Å². The van der Waals surface area contributed by atoms with E-state index in [0.29, 0.717) is 6.04 Å². The Balaban J connectivity index is 2.39. The molecule has 1 N–H and O–H groups in total. The van der Waals surface area contributed by atoms with Crippen LogP contribution < -0.4 is 5.32 Å². The Morgan fingerprint density at radius 2 is 1.71 bits per heavy atom. The quantitative estimate of drug-likeness (QED) is 0.654. The van der Waals surface area contributed by atoms with Crippen molar-refractivity contribution in [3.63, 3.8) is 0 Å². The summed E-state index contributed by atoms with van der Waals surface area (Å²) in [5.41, 5.74) is 1.47. The van der Waals surface area contributed by atoms with E-state index >= 15 is 0 Å². The van der Waals surface area contributed by atoms with E-state index in [1.165, 1.54) is 42.0 Å². The van der Waals surface area contributed by atoms with Crippen molar-refractivity contribution in [2.75, 3.05) is 6.54 Å². The van der Waals surface area contributed by atoms with Crippen LogP contribution in [-0.4, -0.2) is 6.54 Å². The van der Waals surface area contributed by atoms with Gasteiger partial charge in [0.2, 0.25) is 0 Å². The third-order valence-electron chi connectivity index (χ3n) is 4.51. The van der Waals surface area contributed by atoms with Crippen molar-refractivity contribution in [1.29, 1.82) is 0 Å². The topological polar surface area (TPSA) is 12.0 Å². The molecular weight excluding hydrogens is 254 g/mol. The van der Waals surface area contributed by atoms with Gasteiger partial charge in [-0.1, -0.05) is 82.5 Å². The van der Waals surface area contributed by atoms with Crippen LogP contribution in [0.3, 0.4) is 0 Å². The molecule has 0 aromatic heterocycles. The first-order chi connectivity index (χ1) is 10.3. The van der Waals surface area contributed by atoms with Gasteiger partial charge in [0.25, 0.3) is 0 Å². The van der Waals surface area contributed by atoms with Crippen LogP contribution in [0.2, 0.25) is 0 Å². The molecule has 1 heteroatoms. The highest BCUT2D eigenvalue weighted by Gasteiger charge is 2.22. The summed E-state index contributed by atoms with van der Waals surface area (Å²) in [4.78, 5) is 0. The van der Waals surface area contributed by atoms with Gasteiger partial charge in [0.15, 0.2) is 0 Å². The van der Waals surface area contributed by atoms with Gasteiger partial charge in [0.1, 0.15) is 0 Å². The van der Waals surface area contributed by atoms with Crippen LogP contribution in [0.25, 0.3) is 10.8 Å². The van der Waals surface area contributed by atoms with E-state index in [9.17, 15) is 0 Å². The van der Waals surface area contributed by atoms with Crippen LogP contribution in [0.4, 0.5) is 0 Å². The van der Waals surface area contributed by atoms with Gasteiger partial charge >= 0.3 is 0 Å². The second-order valence-corrected chi connectivity index (χ2v) is 5.91. The summed E-state index contributed by atoms with van der Waals surface area (Å²) in [6.07, 6.45) is 5.16. The molecule has 0 amide bonds. The average Bonchev–Trinajstić information content (AvgIpc) is 2.54. The standard InChI is InChI=1S/C20H29N/c1-4-7-11-16(5-2)20(21-6-3)19-15-10-13-17-12-8-9-14-18(17)19/h8-10,12-16,20-21H,4-7,11H2,1-3H3. The summed E-state index contributed by atoms with van der Waals surface area (Å²) >= 11 is 0. The average molecular weight is 283 g/mol. The predicted molar refractivity (Wildman–Crippen MR) is 93.7 cm³/mol. The molecular formula is C20H29N. The fourth-order valence-corrected chi connectivity index (χ4v) is 3.34. The van der Waals surface area contributed by atoms with Gasteiger partial charge in [0.05, 0.1) is 0 Å². The molecule has 2 rings (SSSR count). The Morgan fingerprint density at radius 3 is 2.43 bits per heavy atom. The van der Waals surface area contributed by atoms with Crippen LogP contribution in [-0.2, 0) is 0 Å². The third kappa shape index (κ3) is 3.85. The van der Waals surface area contributed by atoms with Gasteiger partial charge in [-0.3, -0.25) is 0 Å². The van der Waals surface area contributed by atoms with E-state index in [1.807, 2.05) is 0 Å². The van der Waals surface area contributed by atoms with Crippen molar-refractivity contribution in [3.05, 3.63) is 48.0 Å². The fraction of sp³-hybridized carbons (Fsp3) is 0.500. The lowest BCUT2D eigenvalue weighted by Crippen LogP contribution is -2.28. The number of hydrogen-bond donors (Lipinski definition) is 1. The summed E-state index contributed by atoms with van der Waals surface area (Å²) in [7, 11) is 0. The Kier molecular flexibility index (Phi) is 6.25. The molecule has 0 fully saturated rings. The maximum atomic E-state index is 3.75. The van der Waals surface area contributed by atoms with E-state index in [2.05, 4.69) is 68.6 Å². The highest BCUT2D eigenvalue weighted by atomic mass is 14.9. The highest BCUT2D eigenvalue weighted by molar-refractivity contribution is 5.86. The second kappa shape index (κ2) is 8.19. The zero-order valence-electron chi connectivity index (χ0n) is 13.7. The van der Waals surface area contributed by atoms with E-state index in [1.54, 1.807) is 0 Å². The number of nitrogens with one attached hydrogen (secondary N) is 1. The third-order valence-corrected chi connectivity index (χ3v) is 4.51. The molecule has 2 unspecified atom stereocenters. The first kappa shape index (κ1) is 16.0. The Hall–Kier alpha value is -1.34. The Labute approximate surface area is 129 Å². The summed E-state index contributed by atoms with van der Waals surface area (Å²) in [6, 6.07) is 16.0. The van der Waals surface area contributed by atoms with Gasteiger partial charge < -0.3 is 5.32 Å². The molecule has 0 saturated carbocycles. The molecule has 0 heterocycles. The van der Waals surface area contributed by atoms with Gasteiger partial charge in [-0.2, -0.15) is 0 Å². The monoisotopic (exact) mass is 283 g/mol.